The van der Waals surface area contributed by atoms with Gasteiger partial charge in [-0.15, -0.1) is 0 Å². The maximum Gasteiger partial charge on any atom is 0.344 e. The third-order valence-corrected chi connectivity index (χ3v) is 4.12. The molecule has 0 radical (unpaired) electrons. The van der Waals surface area contributed by atoms with Crippen molar-refractivity contribution in [3.05, 3.63) is 40.4 Å². The Morgan fingerprint density at radius 3 is 3.00 bits per heavy atom. The van der Waals surface area contributed by atoms with Gasteiger partial charge in [0.1, 0.15) is 29.4 Å². The summed E-state index contributed by atoms with van der Waals surface area (Å²) in [7, 11) is 0. The largest absolute Gasteiger partial charge is 0.460 e. The maximum atomic E-state index is 14.1. The van der Waals surface area contributed by atoms with E-state index in [0.29, 0.717) is 13.1 Å². The second-order valence-corrected chi connectivity index (χ2v) is 5.82. The number of rotatable bonds is 5. The lowest BCUT2D eigenvalue weighted by molar-refractivity contribution is 0.0480. The SMILES string of the molecule is Cc1onc(-c2c(F)cccc2Cl)c1C(=O)OCCN1CCNC1=O. The van der Waals surface area contributed by atoms with Gasteiger partial charge < -0.3 is 19.5 Å². The van der Waals surface area contributed by atoms with Gasteiger partial charge in [0.2, 0.25) is 0 Å². The first-order valence-corrected chi connectivity index (χ1v) is 7.97. The van der Waals surface area contributed by atoms with Gasteiger partial charge in [-0.1, -0.05) is 22.8 Å². The molecule has 2 heterocycles. The average Bonchev–Trinajstić information content (AvgIpc) is 3.14. The second kappa shape index (κ2) is 7.10. The molecule has 25 heavy (non-hydrogen) atoms. The van der Waals surface area contributed by atoms with E-state index in [-0.39, 0.29) is 46.8 Å². The van der Waals surface area contributed by atoms with Crippen LogP contribution in [0.5, 0.6) is 0 Å². The van der Waals surface area contributed by atoms with E-state index >= 15 is 0 Å². The number of halogens is 2. The molecule has 3 rings (SSSR count). The van der Waals surface area contributed by atoms with Crippen molar-refractivity contribution in [2.45, 2.75) is 6.92 Å². The molecule has 0 aliphatic carbocycles. The molecule has 0 saturated carbocycles. The zero-order valence-corrected chi connectivity index (χ0v) is 14.1. The number of carbonyl (C=O) groups is 2. The lowest BCUT2D eigenvalue weighted by atomic mass is 10.1. The molecule has 0 atom stereocenters. The minimum absolute atomic E-state index is 0.00131. The summed E-state index contributed by atoms with van der Waals surface area (Å²) < 4.78 is 24.3. The number of amides is 2. The Morgan fingerprint density at radius 2 is 2.32 bits per heavy atom. The number of carbonyl (C=O) groups excluding carboxylic acids is 2. The Morgan fingerprint density at radius 1 is 1.52 bits per heavy atom. The molecule has 1 saturated heterocycles. The van der Waals surface area contributed by atoms with Crippen molar-refractivity contribution in [2.24, 2.45) is 0 Å². The van der Waals surface area contributed by atoms with E-state index in [4.69, 9.17) is 20.9 Å². The molecule has 0 spiro atoms. The number of nitrogens with zero attached hydrogens (tertiary/aromatic N) is 2. The fourth-order valence-corrected chi connectivity index (χ4v) is 2.80. The number of esters is 1. The molecule has 2 aromatic rings. The molecule has 1 aromatic heterocycles. The predicted molar refractivity (Wildman–Crippen MR) is 86.9 cm³/mol. The van der Waals surface area contributed by atoms with Crippen molar-refractivity contribution in [1.82, 2.24) is 15.4 Å². The number of aromatic nitrogens is 1. The van der Waals surface area contributed by atoms with E-state index in [1.54, 1.807) is 0 Å². The van der Waals surface area contributed by atoms with Gasteiger partial charge in [0.25, 0.3) is 0 Å². The molecule has 1 aromatic carbocycles. The van der Waals surface area contributed by atoms with Crippen molar-refractivity contribution in [3.8, 4) is 11.3 Å². The van der Waals surface area contributed by atoms with Gasteiger partial charge >= 0.3 is 12.0 Å². The Labute approximate surface area is 147 Å². The first-order chi connectivity index (χ1) is 12.0. The molecule has 1 aliphatic heterocycles. The highest BCUT2D eigenvalue weighted by Crippen LogP contribution is 2.33. The lowest BCUT2D eigenvalue weighted by Crippen LogP contribution is -2.31. The number of hydrogen-bond donors (Lipinski definition) is 1. The van der Waals surface area contributed by atoms with Crippen LogP contribution in [0.25, 0.3) is 11.3 Å². The highest BCUT2D eigenvalue weighted by atomic mass is 35.5. The molecule has 1 aliphatic rings. The van der Waals surface area contributed by atoms with Crippen LogP contribution in [0, 0.1) is 12.7 Å². The average molecular weight is 368 g/mol. The van der Waals surface area contributed by atoms with Gasteiger partial charge in [0.15, 0.2) is 0 Å². The van der Waals surface area contributed by atoms with E-state index in [0.717, 1.165) is 0 Å². The minimum atomic E-state index is -0.715. The van der Waals surface area contributed by atoms with Gasteiger partial charge in [-0.05, 0) is 19.1 Å². The summed E-state index contributed by atoms with van der Waals surface area (Å²) in [5.74, 6) is -1.14. The summed E-state index contributed by atoms with van der Waals surface area (Å²) in [6, 6.07) is 3.96. The summed E-state index contributed by atoms with van der Waals surface area (Å²) in [6.45, 7) is 2.90. The summed E-state index contributed by atoms with van der Waals surface area (Å²) in [6.07, 6.45) is 0. The van der Waals surface area contributed by atoms with Gasteiger partial charge in [-0.25, -0.2) is 14.0 Å². The van der Waals surface area contributed by atoms with Crippen molar-refractivity contribution in [3.63, 3.8) is 0 Å². The predicted octanol–water partition coefficient (Wildman–Crippen LogP) is 2.62. The normalized spacial score (nSPS) is 13.9. The Balaban J connectivity index is 1.77. The van der Waals surface area contributed by atoms with Crippen molar-refractivity contribution < 1.29 is 23.2 Å². The monoisotopic (exact) mass is 367 g/mol. The number of aryl methyl sites for hydroxylation is 1. The van der Waals surface area contributed by atoms with Crippen LogP contribution in [0.3, 0.4) is 0 Å². The Bertz CT molecular complexity index is 803. The number of ether oxygens (including phenoxy) is 1. The lowest BCUT2D eigenvalue weighted by Gasteiger charge is -2.13. The number of benzene rings is 1. The molecular formula is C16H15ClFN3O4. The van der Waals surface area contributed by atoms with Crippen LogP contribution in [0.2, 0.25) is 5.02 Å². The van der Waals surface area contributed by atoms with Gasteiger partial charge in [0, 0.05) is 13.1 Å². The van der Waals surface area contributed by atoms with Gasteiger partial charge in [-0.3, -0.25) is 0 Å². The maximum absolute atomic E-state index is 14.1. The van der Waals surface area contributed by atoms with Crippen LogP contribution in [0.1, 0.15) is 16.1 Å². The fourth-order valence-electron chi connectivity index (χ4n) is 2.55. The molecular weight excluding hydrogens is 353 g/mol. The topological polar surface area (TPSA) is 84.7 Å². The zero-order valence-electron chi connectivity index (χ0n) is 13.3. The smallest absolute Gasteiger partial charge is 0.344 e. The van der Waals surface area contributed by atoms with Gasteiger partial charge in [0.05, 0.1) is 17.1 Å². The number of hydrogen-bond acceptors (Lipinski definition) is 5. The molecule has 132 valence electrons. The van der Waals surface area contributed by atoms with E-state index in [1.165, 1.54) is 30.0 Å². The van der Waals surface area contributed by atoms with E-state index in [2.05, 4.69) is 10.5 Å². The summed E-state index contributed by atoms with van der Waals surface area (Å²) >= 11 is 6.03. The zero-order chi connectivity index (χ0) is 18.0. The Kier molecular flexibility index (Phi) is 4.89. The van der Waals surface area contributed by atoms with Crippen LogP contribution in [-0.2, 0) is 4.74 Å². The summed E-state index contributed by atoms with van der Waals surface area (Å²) in [5, 5.41) is 6.51. The van der Waals surface area contributed by atoms with E-state index < -0.39 is 11.8 Å². The first-order valence-electron chi connectivity index (χ1n) is 7.59. The fraction of sp³-hybridized carbons (Fsp3) is 0.312. The molecule has 7 nitrogen and oxygen atoms in total. The molecule has 1 N–H and O–H groups in total. The molecule has 2 amide bonds. The third kappa shape index (κ3) is 3.43. The van der Waals surface area contributed by atoms with Crippen molar-refractivity contribution in [1.29, 1.82) is 0 Å². The van der Waals surface area contributed by atoms with Crippen LogP contribution in [0.15, 0.2) is 22.7 Å². The van der Waals surface area contributed by atoms with Crippen LogP contribution in [0.4, 0.5) is 9.18 Å². The number of urea groups is 1. The highest BCUT2D eigenvalue weighted by molar-refractivity contribution is 6.33. The number of nitrogens with one attached hydrogen (secondary N) is 1. The summed E-state index contributed by atoms with van der Waals surface area (Å²) in [4.78, 5) is 25.4. The Hall–Kier alpha value is -2.61. The molecule has 9 heteroatoms. The quantitative estimate of drug-likeness (QED) is 0.821. The highest BCUT2D eigenvalue weighted by Gasteiger charge is 2.27. The second-order valence-electron chi connectivity index (χ2n) is 5.41. The van der Waals surface area contributed by atoms with Crippen LogP contribution >= 0.6 is 11.6 Å². The van der Waals surface area contributed by atoms with Crippen molar-refractivity contribution in [2.75, 3.05) is 26.2 Å². The molecule has 0 unspecified atom stereocenters. The minimum Gasteiger partial charge on any atom is -0.460 e. The van der Waals surface area contributed by atoms with Gasteiger partial charge in [-0.2, -0.15) is 0 Å². The van der Waals surface area contributed by atoms with E-state index in [9.17, 15) is 14.0 Å². The van der Waals surface area contributed by atoms with Crippen LogP contribution in [-0.4, -0.2) is 48.3 Å². The molecule has 1 fully saturated rings. The van der Waals surface area contributed by atoms with Crippen LogP contribution < -0.4 is 5.32 Å². The first kappa shape index (κ1) is 17.2. The summed E-state index contributed by atoms with van der Waals surface area (Å²) in [5.41, 5.74) is -0.0192. The standard InChI is InChI=1S/C16H15ClFN3O4/c1-9-12(15(22)24-8-7-21-6-5-19-16(21)23)14(20-25-9)13-10(17)3-2-4-11(13)18/h2-4H,5-8H2,1H3,(H,19,23). The molecule has 0 bridgehead atoms. The van der Waals surface area contributed by atoms with Crippen molar-refractivity contribution >= 4 is 23.6 Å². The third-order valence-electron chi connectivity index (χ3n) is 3.81. The van der Waals surface area contributed by atoms with E-state index in [1.807, 2.05) is 0 Å².